The van der Waals surface area contributed by atoms with Crippen molar-refractivity contribution in [2.75, 3.05) is 26.4 Å². The van der Waals surface area contributed by atoms with E-state index in [1.54, 1.807) is 0 Å². The first-order chi connectivity index (χ1) is 10.3. The molecule has 2 saturated heterocycles. The number of hydrogen-bond acceptors (Lipinski definition) is 4. The van der Waals surface area contributed by atoms with Gasteiger partial charge in [-0.1, -0.05) is 32.4 Å². The minimum Gasteiger partial charge on any atom is -0.352 e. The molecule has 0 radical (unpaired) electrons. The van der Waals surface area contributed by atoms with Crippen LogP contribution in [0.2, 0.25) is 0 Å². The summed E-state index contributed by atoms with van der Waals surface area (Å²) < 4.78 is 23.0. The first kappa shape index (κ1) is 16.9. The molecule has 0 amide bonds. The van der Waals surface area contributed by atoms with E-state index >= 15 is 0 Å². The molecule has 0 bridgehead atoms. The van der Waals surface area contributed by atoms with Gasteiger partial charge in [-0.25, -0.2) is 0 Å². The monoisotopic (exact) mass is 298 g/mol. The molecular weight excluding hydrogens is 268 g/mol. The van der Waals surface area contributed by atoms with Crippen molar-refractivity contribution in [3.05, 3.63) is 12.2 Å². The average Bonchev–Trinajstić information content (AvgIpc) is 2.53. The lowest BCUT2D eigenvalue weighted by Gasteiger charge is -2.32. The third kappa shape index (κ3) is 6.07. The Balaban J connectivity index is 1.57. The van der Waals surface area contributed by atoms with Gasteiger partial charge in [0, 0.05) is 11.8 Å². The van der Waals surface area contributed by atoms with Gasteiger partial charge in [0.15, 0.2) is 12.6 Å². The van der Waals surface area contributed by atoms with Gasteiger partial charge in [-0.05, 0) is 25.7 Å². The Morgan fingerprint density at radius 2 is 1.43 bits per heavy atom. The fraction of sp³-hybridized carbons (Fsp3) is 0.882. The fourth-order valence-electron chi connectivity index (χ4n) is 2.69. The highest BCUT2D eigenvalue weighted by molar-refractivity contribution is 4.88. The largest absolute Gasteiger partial charge is 0.352 e. The smallest absolute Gasteiger partial charge is 0.157 e. The summed E-state index contributed by atoms with van der Waals surface area (Å²) in [4.78, 5) is 0. The van der Waals surface area contributed by atoms with Gasteiger partial charge in [0.05, 0.1) is 26.4 Å². The molecule has 4 nitrogen and oxygen atoms in total. The molecule has 2 heterocycles. The van der Waals surface area contributed by atoms with Crippen molar-refractivity contribution in [1.29, 1.82) is 0 Å². The van der Waals surface area contributed by atoms with Crippen molar-refractivity contribution >= 4 is 0 Å². The molecule has 2 rings (SSSR count). The van der Waals surface area contributed by atoms with Gasteiger partial charge in [-0.2, -0.15) is 0 Å². The van der Waals surface area contributed by atoms with Crippen molar-refractivity contribution in [2.24, 2.45) is 11.8 Å². The van der Waals surface area contributed by atoms with Crippen LogP contribution in [0.15, 0.2) is 12.2 Å². The van der Waals surface area contributed by atoms with Crippen molar-refractivity contribution in [3.8, 4) is 0 Å². The maximum atomic E-state index is 5.78. The Hall–Kier alpha value is -0.420. The molecule has 0 spiro atoms. The van der Waals surface area contributed by atoms with Crippen molar-refractivity contribution < 1.29 is 18.9 Å². The summed E-state index contributed by atoms with van der Waals surface area (Å²) in [6.07, 6.45) is 9.48. The molecule has 21 heavy (non-hydrogen) atoms. The van der Waals surface area contributed by atoms with Crippen molar-refractivity contribution in [1.82, 2.24) is 0 Å². The van der Waals surface area contributed by atoms with Gasteiger partial charge >= 0.3 is 0 Å². The average molecular weight is 298 g/mol. The molecule has 2 aliphatic heterocycles. The maximum Gasteiger partial charge on any atom is 0.157 e. The third-order valence-electron chi connectivity index (χ3n) is 4.01. The minimum atomic E-state index is -0.0513. The van der Waals surface area contributed by atoms with Gasteiger partial charge in [0.1, 0.15) is 0 Å². The van der Waals surface area contributed by atoms with Crippen LogP contribution < -0.4 is 0 Å². The fourth-order valence-corrected chi connectivity index (χ4v) is 2.69. The van der Waals surface area contributed by atoms with Gasteiger partial charge in [-0.15, -0.1) is 0 Å². The van der Waals surface area contributed by atoms with Crippen LogP contribution in [-0.4, -0.2) is 39.0 Å². The van der Waals surface area contributed by atoms with Crippen LogP contribution in [0, 0.1) is 11.8 Å². The van der Waals surface area contributed by atoms with E-state index in [0.29, 0.717) is 11.8 Å². The highest BCUT2D eigenvalue weighted by atomic mass is 16.7. The Morgan fingerprint density at radius 1 is 0.810 bits per heavy atom. The molecule has 0 aliphatic carbocycles. The molecule has 4 heteroatoms. The zero-order chi connectivity index (χ0) is 14.9. The molecule has 2 aliphatic rings. The second kappa shape index (κ2) is 9.57. The lowest BCUT2D eigenvalue weighted by atomic mass is 10.0. The molecule has 0 aromatic rings. The van der Waals surface area contributed by atoms with Crippen LogP contribution in [0.25, 0.3) is 0 Å². The lowest BCUT2D eigenvalue weighted by Crippen LogP contribution is -2.34. The third-order valence-corrected chi connectivity index (χ3v) is 4.01. The minimum absolute atomic E-state index is 0.0135. The van der Waals surface area contributed by atoms with E-state index in [9.17, 15) is 0 Å². The van der Waals surface area contributed by atoms with E-state index in [0.717, 1.165) is 58.5 Å². The van der Waals surface area contributed by atoms with Crippen LogP contribution in [0.5, 0.6) is 0 Å². The second-order valence-corrected chi connectivity index (χ2v) is 6.02. The SMILES string of the molecule is CC/C=C/[C@H]1CO[C@H](CCC2COC(CCC)OC2)OC1. The Bertz CT molecular complexity index is 289. The Labute approximate surface area is 128 Å². The molecule has 0 aromatic heterocycles. The number of rotatable bonds is 7. The highest BCUT2D eigenvalue weighted by Crippen LogP contribution is 2.22. The maximum absolute atomic E-state index is 5.78. The van der Waals surface area contributed by atoms with Gasteiger partial charge in [0.2, 0.25) is 0 Å². The van der Waals surface area contributed by atoms with Crippen LogP contribution in [0.1, 0.15) is 46.0 Å². The zero-order valence-electron chi connectivity index (χ0n) is 13.5. The number of allylic oxidation sites excluding steroid dienone is 1. The topological polar surface area (TPSA) is 36.9 Å². The summed E-state index contributed by atoms with van der Waals surface area (Å²) >= 11 is 0. The summed E-state index contributed by atoms with van der Waals surface area (Å²) in [5.74, 6) is 0.889. The summed E-state index contributed by atoms with van der Waals surface area (Å²) in [5.41, 5.74) is 0. The second-order valence-electron chi connectivity index (χ2n) is 6.02. The standard InChI is InChI=1S/C17H30O4/c1-3-5-7-14-10-20-17(21-11-14)9-8-15-12-18-16(6-4-2)19-13-15/h5,7,14-17H,3-4,6,8-13H2,1-2H3/b7-5+/t14-,15?,16?,17-. The van der Waals surface area contributed by atoms with E-state index in [-0.39, 0.29) is 12.6 Å². The normalized spacial score (nSPS) is 34.4. The molecule has 0 aromatic carbocycles. The van der Waals surface area contributed by atoms with Crippen molar-refractivity contribution in [2.45, 2.75) is 58.5 Å². The van der Waals surface area contributed by atoms with Crippen LogP contribution in [0.3, 0.4) is 0 Å². The van der Waals surface area contributed by atoms with Crippen molar-refractivity contribution in [3.63, 3.8) is 0 Å². The molecule has 0 saturated carbocycles. The molecule has 122 valence electrons. The molecular formula is C17H30O4. The predicted molar refractivity (Wildman–Crippen MR) is 81.9 cm³/mol. The Kier molecular flexibility index (Phi) is 7.72. The van der Waals surface area contributed by atoms with E-state index in [1.165, 1.54) is 0 Å². The number of ether oxygens (including phenoxy) is 4. The van der Waals surface area contributed by atoms with E-state index in [4.69, 9.17) is 18.9 Å². The van der Waals surface area contributed by atoms with Crippen LogP contribution in [0.4, 0.5) is 0 Å². The van der Waals surface area contributed by atoms with E-state index in [1.807, 2.05) is 0 Å². The van der Waals surface area contributed by atoms with Gasteiger partial charge in [-0.3, -0.25) is 0 Å². The first-order valence-electron chi connectivity index (χ1n) is 8.44. The predicted octanol–water partition coefficient (Wildman–Crippen LogP) is 3.51. The summed E-state index contributed by atoms with van der Waals surface area (Å²) in [5, 5.41) is 0. The number of hydrogen-bond donors (Lipinski definition) is 0. The molecule has 2 fully saturated rings. The zero-order valence-corrected chi connectivity index (χ0v) is 13.5. The molecule has 0 unspecified atom stereocenters. The van der Waals surface area contributed by atoms with E-state index in [2.05, 4.69) is 26.0 Å². The Morgan fingerprint density at radius 3 is 2.05 bits per heavy atom. The molecule has 0 atom stereocenters. The molecule has 0 N–H and O–H groups in total. The van der Waals surface area contributed by atoms with Gasteiger partial charge < -0.3 is 18.9 Å². The summed E-state index contributed by atoms with van der Waals surface area (Å²) in [6, 6.07) is 0. The summed E-state index contributed by atoms with van der Waals surface area (Å²) in [7, 11) is 0. The quantitative estimate of drug-likeness (QED) is 0.674. The first-order valence-corrected chi connectivity index (χ1v) is 8.44. The van der Waals surface area contributed by atoms with Gasteiger partial charge in [0.25, 0.3) is 0 Å². The van der Waals surface area contributed by atoms with Crippen LogP contribution in [-0.2, 0) is 18.9 Å². The summed E-state index contributed by atoms with van der Waals surface area (Å²) in [6.45, 7) is 7.45. The van der Waals surface area contributed by atoms with Crippen LogP contribution >= 0.6 is 0 Å². The highest BCUT2D eigenvalue weighted by Gasteiger charge is 2.25. The lowest BCUT2D eigenvalue weighted by molar-refractivity contribution is -0.215. The van der Waals surface area contributed by atoms with E-state index < -0.39 is 0 Å².